The van der Waals surface area contributed by atoms with Crippen molar-refractivity contribution >= 4 is 0 Å². The number of aliphatic hydroxyl groups excluding tert-OH is 1. The lowest BCUT2D eigenvalue weighted by atomic mass is 9.81. The van der Waals surface area contributed by atoms with Gasteiger partial charge in [-0.3, -0.25) is 0 Å². The van der Waals surface area contributed by atoms with E-state index in [4.69, 9.17) is 10.8 Å². The molecule has 60 valence electrons. The fourth-order valence-electron chi connectivity index (χ4n) is 1.84. The summed E-state index contributed by atoms with van der Waals surface area (Å²) in [6, 6.07) is 0.153. The Morgan fingerprint density at radius 3 is 2.20 bits per heavy atom. The third kappa shape index (κ3) is 1.18. The molecule has 1 aliphatic carbocycles. The number of aliphatic hydroxyl groups is 1. The van der Waals surface area contributed by atoms with Crippen LogP contribution < -0.4 is 5.73 Å². The first kappa shape index (κ1) is 8.02. The van der Waals surface area contributed by atoms with E-state index in [0.717, 1.165) is 12.8 Å². The normalized spacial score (nSPS) is 26.7. The van der Waals surface area contributed by atoms with Gasteiger partial charge in [-0.05, 0) is 19.8 Å². The fourth-order valence-corrected chi connectivity index (χ4v) is 1.84. The van der Waals surface area contributed by atoms with Crippen LogP contribution in [0, 0.1) is 5.41 Å². The highest BCUT2D eigenvalue weighted by atomic mass is 16.3. The molecular weight excluding hydrogens is 126 g/mol. The molecule has 1 fully saturated rings. The second-order valence-corrected chi connectivity index (χ2v) is 3.52. The van der Waals surface area contributed by atoms with Crippen molar-refractivity contribution in [2.24, 2.45) is 11.1 Å². The van der Waals surface area contributed by atoms with Gasteiger partial charge in [-0.15, -0.1) is 0 Å². The van der Waals surface area contributed by atoms with E-state index in [0.29, 0.717) is 0 Å². The van der Waals surface area contributed by atoms with Crippen molar-refractivity contribution in [3.05, 3.63) is 0 Å². The third-order valence-electron chi connectivity index (χ3n) is 2.88. The lowest BCUT2D eigenvalue weighted by Gasteiger charge is -2.30. The van der Waals surface area contributed by atoms with Gasteiger partial charge in [0.15, 0.2) is 0 Å². The second-order valence-electron chi connectivity index (χ2n) is 3.52. The van der Waals surface area contributed by atoms with Crippen LogP contribution in [0.3, 0.4) is 0 Å². The molecule has 0 heterocycles. The summed E-state index contributed by atoms with van der Waals surface area (Å²) in [5.41, 5.74) is 5.85. The van der Waals surface area contributed by atoms with Crippen molar-refractivity contribution in [1.29, 1.82) is 0 Å². The van der Waals surface area contributed by atoms with Crippen LogP contribution in [0.2, 0.25) is 0 Å². The average Bonchev–Trinajstić information content (AvgIpc) is 2.35. The lowest BCUT2D eigenvalue weighted by molar-refractivity contribution is 0.108. The Bertz CT molecular complexity index is 106. The summed E-state index contributed by atoms with van der Waals surface area (Å²) >= 11 is 0. The predicted octanol–water partition coefficient (Wildman–Crippen LogP) is 0.886. The van der Waals surface area contributed by atoms with Gasteiger partial charge in [0, 0.05) is 11.5 Å². The van der Waals surface area contributed by atoms with Crippen LogP contribution in [0.5, 0.6) is 0 Å². The Morgan fingerprint density at radius 2 is 2.00 bits per heavy atom. The van der Waals surface area contributed by atoms with Crippen LogP contribution in [0.4, 0.5) is 0 Å². The summed E-state index contributed by atoms with van der Waals surface area (Å²) in [7, 11) is 0. The highest BCUT2D eigenvalue weighted by Crippen LogP contribution is 2.39. The molecule has 3 N–H and O–H groups in total. The Balaban J connectivity index is 2.58. The minimum absolute atomic E-state index is 0.0694. The van der Waals surface area contributed by atoms with Crippen LogP contribution >= 0.6 is 0 Å². The van der Waals surface area contributed by atoms with Gasteiger partial charge < -0.3 is 10.8 Å². The first-order valence-corrected chi connectivity index (χ1v) is 4.08. The molecule has 1 aliphatic rings. The number of hydrogen-bond acceptors (Lipinski definition) is 2. The molecule has 0 amide bonds. The molecule has 1 rings (SSSR count). The van der Waals surface area contributed by atoms with Gasteiger partial charge >= 0.3 is 0 Å². The van der Waals surface area contributed by atoms with Gasteiger partial charge in [-0.2, -0.15) is 0 Å². The zero-order valence-electron chi connectivity index (χ0n) is 6.64. The largest absolute Gasteiger partial charge is 0.396 e. The van der Waals surface area contributed by atoms with Crippen molar-refractivity contribution in [1.82, 2.24) is 0 Å². The lowest BCUT2D eigenvalue weighted by Crippen LogP contribution is -2.40. The van der Waals surface area contributed by atoms with Gasteiger partial charge in [0.25, 0.3) is 0 Å². The Labute approximate surface area is 62.4 Å². The van der Waals surface area contributed by atoms with Crippen molar-refractivity contribution < 1.29 is 5.11 Å². The topological polar surface area (TPSA) is 46.2 Å². The molecule has 0 aromatic rings. The van der Waals surface area contributed by atoms with Crippen molar-refractivity contribution in [2.75, 3.05) is 6.61 Å². The van der Waals surface area contributed by atoms with Crippen molar-refractivity contribution in [2.45, 2.75) is 38.6 Å². The molecule has 0 saturated heterocycles. The quantitative estimate of drug-likeness (QED) is 0.603. The molecule has 0 aromatic heterocycles. The van der Waals surface area contributed by atoms with E-state index in [-0.39, 0.29) is 18.1 Å². The smallest absolute Gasteiger partial charge is 0.0502 e. The van der Waals surface area contributed by atoms with E-state index in [2.05, 4.69) is 0 Å². The summed E-state index contributed by atoms with van der Waals surface area (Å²) in [5.74, 6) is 0. The molecule has 0 bridgehead atoms. The standard InChI is InChI=1S/C8H17NO/c1-7(9)8(6-10)4-2-3-5-8/h7,10H,2-6,9H2,1H3/t7-/m1/s1. The summed E-state index contributed by atoms with van der Waals surface area (Å²) in [5, 5.41) is 9.11. The van der Waals surface area contributed by atoms with E-state index in [1.165, 1.54) is 12.8 Å². The molecule has 1 saturated carbocycles. The van der Waals surface area contributed by atoms with Gasteiger partial charge in [0.05, 0.1) is 6.61 Å². The summed E-state index contributed by atoms with van der Waals surface area (Å²) in [6.45, 7) is 2.27. The molecular formula is C8H17NO. The highest BCUT2D eigenvalue weighted by Gasteiger charge is 2.36. The monoisotopic (exact) mass is 143 g/mol. The third-order valence-corrected chi connectivity index (χ3v) is 2.88. The van der Waals surface area contributed by atoms with Crippen LogP contribution in [0.25, 0.3) is 0 Å². The SMILES string of the molecule is C[C@@H](N)C1(CO)CCCC1. The summed E-state index contributed by atoms with van der Waals surface area (Å²) in [4.78, 5) is 0. The second kappa shape index (κ2) is 2.89. The Morgan fingerprint density at radius 1 is 1.50 bits per heavy atom. The maximum absolute atomic E-state index is 9.11. The van der Waals surface area contributed by atoms with Gasteiger partial charge in [0.1, 0.15) is 0 Å². The van der Waals surface area contributed by atoms with Crippen LogP contribution in [0.15, 0.2) is 0 Å². The first-order chi connectivity index (χ1) is 4.71. The molecule has 0 spiro atoms. The number of nitrogens with two attached hydrogens (primary N) is 1. The molecule has 2 nitrogen and oxygen atoms in total. The first-order valence-electron chi connectivity index (χ1n) is 4.08. The van der Waals surface area contributed by atoms with Gasteiger partial charge in [-0.1, -0.05) is 12.8 Å². The fraction of sp³-hybridized carbons (Fsp3) is 1.00. The molecule has 0 unspecified atom stereocenters. The van der Waals surface area contributed by atoms with Gasteiger partial charge in [-0.25, -0.2) is 0 Å². The maximum Gasteiger partial charge on any atom is 0.0502 e. The van der Waals surface area contributed by atoms with Crippen molar-refractivity contribution in [3.8, 4) is 0 Å². The maximum atomic E-state index is 9.11. The van der Waals surface area contributed by atoms with E-state index in [1.807, 2.05) is 6.92 Å². The van der Waals surface area contributed by atoms with E-state index >= 15 is 0 Å². The van der Waals surface area contributed by atoms with E-state index < -0.39 is 0 Å². The van der Waals surface area contributed by atoms with Crippen LogP contribution in [-0.4, -0.2) is 17.8 Å². The van der Waals surface area contributed by atoms with Crippen LogP contribution in [0.1, 0.15) is 32.6 Å². The summed E-state index contributed by atoms with van der Waals surface area (Å²) in [6.07, 6.45) is 4.70. The number of hydrogen-bond donors (Lipinski definition) is 2. The predicted molar refractivity (Wildman–Crippen MR) is 41.6 cm³/mol. The average molecular weight is 143 g/mol. The molecule has 10 heavy (non-hydrogen) atoms. The molecule has 0 aromatic carbocycles. The van der Waals surface area contributed by atoms with Gasteiger partial charge in [0.2, 0.25) is 0 Å². The van der Waals surface area contributed by atoms with Crippen molar-refractivity contribution in [3.63, 3.8) is 0 Å². The van der Waals surface area contributed by atoms with E-state index in [9.17, 15) is 0 Å². The molecule has 1 atom stereocenters. The molecule has 2 heteroatoms. The van der Waals surface area contributed by atoms with Crippen LogP contribution in [-0.2, 0) is 0 Å². The van der Waals surface area contributed by atoms with E-state index in [1.54, 1.807) is 0 Å². The zero-order valence-corrected chi connectivity index (χ0v) is 6.64. The molecule has 0 aliphatic heterocycles. The minimum atomic E-state index is 0.0694. The zero-order chi connectivity index (χ0) is 7.61. The highest BCUT2D eigenvalue weighted by molar-refractivity contribution is 4.90. The Hall–Kier alpha value is -0.0800. The summed E-state index contributed by atoms with van der Waals surface area (Å²) < 4.78 is 0. The Kier molecular flexibility index (Phi) is 2.32. The minimum Gasteiger partial charge on any atom is -0.396 e. The number of rotatable bonds is 2. The molecule has 0 radical (unpaired) electrons.